The SMILES string of the molecule is COc1c(Cl)cc(Cl)cc1C(=O)N[C@H]1C[C@H]2CO[C@@H](CCO)CN2C1. The zero-order valence-corrected chi connectivity index (χ0v) is 15.5. The van der Waals surface area contributed by atoms with Gasteiger partial charge in [0.15, 0.2) is 0 Å². The normalized spacial score (nSPS) is 26.3. The minimum atomic E-state index is -0.251. The number of methoxy groups -OCH3 is 1. The molecule has 0 aliphatic carbocycles. The van der Waals surface area contributed by atoms with Crippen LogP contribution in [0.5, 0.6) is 5.75 Å². The minimum Gasteiger partial charge on any atom is -0.494 e. The first-order chi connectivity index (χ1) is 12.0. The fraction of sp³-hybridized carbons (Fsp3) is 0.588. The smallest absolute Gasteiger partial charge is 0.255 e. The van der Waals surface area contributed by atoms with E-state index in [4.69, 9.17) is 37.8 Å². The Kier molecular flexibility index (Phi) is 6.07. The van der Waals surface area contributed by atoms with Gasteiger partial charge in [0.2, 0.25) is 0 Å². The summed E-state index contributed by atoms with van der Waals surface area (Å²) in [4.78, 5) is 15.0. The Morgan fingerprint density at radius 1 is 1.44 bits per heavy atom. The molecule has 0 aromatic heterocycles. The number of nitrogens with one attached hydrogen (secondary N) is 1. The van der Waals surface area contributed by atoms with Crippen molar-refractivity contribution in [1.82, 2.24) is 10.2 Å². The van der Waals surface area contributed by atoms with Crippen molar-refractivity contribution in [1.29, 1.82) is 0 Å². The molecule has 0 radical (unpaired) electrons. The number of halogens is 2. The van der Waals surface area contributed by atoms with Gasteiger partial charge in [-0.1, -0.05) is 23.2 Å². The number of benzene rings is 1. The summed E-state index contributed by atoms with van der Waals surface area (Å²) in [5.41, 5.74) is 0.333. The molecule has 1 aromatic rings. The Morgan fingerprint density at radius 3 is 2.96 bits per heavy atom. The summed E-state index contributed by atoms with van der Waals surface area (Å²) in [6.07, 6.45) is 1.52. The second-order valence-corrected chi connectivity index (χ2v) is 7.29. The van der Waals surface area contributed by atoms with Crippen molar-refractivity contribution in [2.75, 3.05) is 33.4 Å². The van der Waals surface area contributed by atoms with Crippen LogP contribution in [0.4, 0.5) is 0 Å². The monoisotopic (exact) mass is 388 g/mol. The van der Waals surface area contributed by atoms with E-state index in [1.807, 2.05) is 0 Å². The number of aliphatic hydroxyl groups excluding tert-OH is 1. The van der Waals surface area contributed by atoms with E-state index in [1.54, 1.807) is 12.1 Å². The summed E-state index contributed by atoms with van der Waals surface area (Å²) in [6.45, 7) is 2.30. The summed E-state index contributed by atoms with van der Waals surface area (Å²) >= 11 is 12.1. The zero-order valence-electron chi connectivity index (χ0n) is 14.0. The molecule has 0 bridgehead atoms. The van der Waals surface area contributed by atoms with Gasteiger partial charge in [0.1, 0.15) is 5.75 Å². The van der Waals surface area contributed by atoms with E-state index in [0.717, 1.165) is 19.5 Å². The second kappa shape index (κ2) is 8.10. The first-order valence-corrected chi connectivity index (χ1v) is 9.07. The van der Waals surface area contributed by atoms with E-state index in [-0.39, 0.29) is 24.7 Å². The van der Waals surface area contributed by atoms with Crippen molar-refractivity contribution >= 4 is 29.1 Å². The number of hydrogen-bond donors (Lipinski definition) is 2. The van der Waals surface area contributed by atoms with Crippen molar-refractivity contribution < 1.29 is 19.4 Å². The highest BCUT2D eigenvalue weighted by molar-refractivity contribution is 6.36. The summed E-state index contributed by atoms with van der Waals surface area (Å²) in [6, 6.07) is 3.43. The highest BCUT2D eigenvalue weighted by Gasteiger charge is 2.38. The molecule has 2 N–H and O–H groups in total. The third-order valence-corrected chi connectivity index (χ3v) is 5.23. The molecular formula is C17H22Cl2N2O4. The lowest BCUT2D eigenvalue weighted by atomic mass is 10.1. The molecule has 3 atom stereocenters. The van der Waals surface area contributed by atoms with E-state index in [2.05, 4.69) is 10.2 Å². The van der Waals surface area contributed by atoms with Crippen LogP contribution in [0.2, 0.25) is 10.0 Å². The number of amides is 1. The Balaban J connectivity index is 1.65. The van der Waals surface area contributed by atoms with E-state index in [0.29, 0.717) is 40.4 Å². The van der Waals surface area contributed by atoms with Gasteiger partial charge in [-0.2, -0.15) is 0 Å². The molecule has 2 aliphatic heterocycles. The molecule has 25 heavy (non-hydrogen) atoms. The number of aliphatic hydroxyl groups is 1. The number of morpholine rings is 1. The van der Waals surface area contributed by atoms with Gasteiger partial charge in [0.25, 0.3) is 5.91 Å². The predicted octanol–water partition coefficient (Wildman–Crippen LogP) is 1.96. The Morgan fingerprint density at radius 2 is 2.24 bits per heavy atom. The van der Waals surface area contributed by atoms with Crippen molar-refractivity contribution in [3.8, 4) is 5.75 Å². The minimum absolute atomic E-state index is 0.0245. The maximum atomic E-state index is 12.7. The molecule has 0 unspecified atom stereocenters. The average Bonchev–Trinajstić information content (AvgIpc) is 2.96. The van der Waals surface area contributed by atoms with Gasteiger partial charge < -0.3 is 19.9 Å². The number of carbonyl (C=O) groups is 1. The molecule has 1 aromatic carbocycles. The van der Waals surface area contributed by atoms with Crippen LogP contribution in [0.15, 0.2) is 12.1 Å². The zero-order chi connectivity index (χ0) is 18.0. The van der Waals surface area contributed by atoms with Crippen LogP contribution in [0.25, 0.3) is 0 Å². The largest absolute Gasteiger partial charge is 0.494 e. The fourth-order valence-corrected chi connectivity index (χ4v) is 4.14. The second-order valence-electron chi connectivity index (χ2n) is 6.45. The van der Waals surface area contributed by atoms with Gasteiger partial charge in [0, 0.05) is 36.8 Å². The van der Waals surface area contributed by atoms with E-state index in [1.165, 1.54) is 7.11 Å². The first-order valence-electron chi connectivity index (χ1n) is 8.32. The molecule has 1 amide bonds. The van der Waals surface area contributed by atoms with E-state index < -0.39 is 0 Å². The Labute approximate surface area is 157 Å². The van der Waals surface area contributed by atoms with Crippen LogP contribution in [0.3, 0.4) is 0 Å². The molecule has 0 spiro atoms. The summed E-state index contributed by atoms with van der Waals surface area (Å²) in [7, 11) is 1.47. The predicted molar refractivity (Wildman–Crippen MR) is 95.7 cm³/mol. The van der Waals surface area contributed by atoms with Crippen LogP contribution in [-0.4, -0.2) is 67.5 Å². The molecule has 8 heteroatoms. The number of fused-ring (bicyclic) bond motifs is 1. The topological polar surface area (TPSA) is 71.0 Å². The number of nitrogens with zero attached hydrogens (tertiary/aromatic N) is 1. The summed E-state index contributed by atoms with van der Waals surface area (Å²) in [5.74, 6) is 0.0737. The van der Waals surface area contributed by atoms with Gasteiger partial charge in [0.05, 0.1) is 30.4 Å². The number of hydrogen-bond acceptors (Lipinski definition) is 5. The standard InChI is InChI=1S/C17H22Cl2N2O4/c1-24-16-14(4-10(18)5-15(16)19)17(23)20-11-6-12-9-25-13(2-3-22)8-21(12)7-11/h4-5,11-13,22H,2-3,6-9H2,1H3,(H,20,23)/t11-,12-,13-/m0/s1. The van der Waals surface area contributed by atoms with Crippen molar-refractivity contribution in [2.45, 2.75) is 31.0 Å². The molecule has 6 nitrogen and oxygen atoms in total. The molecule has 2 fully saturated rings. The molecular weight excluding hydrogens is 367 g/mol. The van der Waals surface area contributed by atoms with Crippen LogP contribution >= 0.6 is 23.2 Å². The number of carbonyl (C=O) groups excluding carboxylic acids is 1. The van der Waals surface area contributed by atoms with Gasteiger partial charge in [-0.05, 0) is 25.0 Å². The summed E-state index contributed by atoms with van der Waals surface area (Å²) < 4.78 is 11.0. The molecule has 0 saturated carbocycles. The molecule has 2 aliphatic rings. The van der Waals surface area contributed by atoms with Gasteiger partial charge in [-0.3, -0.25) is 9.69 Å². The van der Waals surface area contributed by atoms with Crippen LogP contribution in [-0.2, 0) is 4.74 Å². The maximum absolute atomic E-state index is 12.7. The third-order valence-electron chi connectivity index (χ3n) is 4.73. The Bertz CT molecular complexity index is 643. The van der Waals surface area contributed by atoms with Crippen LogP contribution in [0.1, 0.15) is 23.2 Å². The average molecular weight is 389 g/mol. The number of rotatable bonds is 5. The van der Waals surface area contributed by atoms with E-state index >= 15 is 0 Å². The highest BCUT2D eigenvalue weighted by atomic mass is 35.5. The van der Waals surface area contributed by atoms with Crippen molar-refractivity contribution in [3.63, 3.8) is 0 Å². The maximum Gasteiger partial charge on any atom is 0.255 e. The lowest BCUT2D eigenvalue weighted by molar-refractivity contribution is -0.0566. The van der Waals surface area contributed by atoms with Crippen molar-refractivity contribution in [3.05, 3.63) is 27.7 Å². The first kappa shape index (κ1) is 18.7. The quantitative estimate of drug-likeness (QED) is 0.806. The van der Waals surface area contributed by atoms with Gasteiger partial charge in [-0.15, -0.1) is 0 Å². The molecule has 3 rings (SSSR count). The van der Waals surface area contributed by atoms with Gasteiger partial charge >= 0.3 is 0 Å². The fourth-order valence-electron chi connectivity index (χ4n) is 3.57. The summed E-state index contributed by atoms with van der Waals surface area (Å²) in [5, 5.41) is 12.8. The Hall–Kier alpha value is -1.05. The molecule has 2 saturated heterocycles. The van der Waals surface area contributed by atoms with Crippen LogP contribution < -0.4 is 10.1 Å². The van der Waals surface area contributed by atoms with Gasteiger partial charge in [-0.25, -0.2) is 0 Å². The van der Waals surface area contributed by atoms with Crippen molar-refractivity contribution in [2.24, 2.45) is 0 Å². The van der Waals surface area contributed by atoms with Crippen LogP contribution in [0, 0.1) is 0 Å². The third kappa shape index (κ3) is 4.20. The highest BCUT2D eigenvalue weighted by Crippen LogP contribution is 2.32. The lowest BCUT2D eigenvalue weighted by Gasteiger charge is -2.34. The molecule has 2 heterocycles. The molecule has 138 valence electrons. The number of ether oxygens (including phenoxy) is 2. The lowest BCUT2D eigenvalue weighted by Crippen LogP contribution is -2.46. The van der Waals surface area contributed by atoms with E-state index in [9.17, 15) is 4.79 Å².